The van der Waals surface area contributed by atoms with Gasteiger partial charge in [0, 0.05) is 43.0 Å². The number of thioether (sulfide) groups is 1. The molecule has 2 heterocycles. The summed E-state index contributed by atoms with van der Waals surface area (Å²) >= 11 is 1.27. The molecule has 0 unspecified atom stereocenters. The van der Waals surface area contributed by atoms with Crippen LogP contribution in [0.3, 0.4) is 0 Å². The number of para-hydroxylation sites is 2. The van der Waals surface area contributed by atoms with Crippen molar-refractivity contribution in [2.75, 3.05) is 48.3 Å². The van der Waals surface area contributed by atoms with E-state index in [0.717, 1.165) is 11.3 Å². The molecule has 8 nitrogen and oxygen atoms in total. The number of anilines is 2. The fraction of sp³-hybridized carbons (Fsp3) is 0.250. The minimum absolute atomic E-state index is 0.00357. The van der Waals surface area contributed by atoms with Crippen molar-refractivity contribution in [1.82, 2.24) is 4.90 Å². The molecule has 0 spiro atoms. The van der Waals surface area contributed by atoms with Gasteiger partial charge in [-0.25, -0.2) is 4.99 Å². The van der Waals surface area contributed by atoms with E-state index < -0.39 is 0 Å². The van der Waals surface area contributed by atoms with Gasteiger partial charge in [0.2, 0.25) is 5.91 Å². The number of amidine groups is 1. The number of carbonyl (C=O) groups is 3. The summed E-state index contributed by atoms with van der Waals surface area (Å²) < 4.78 is 5.73. The predicted octanol–water partition coefficient (Wildman–Crippen LogP) is 5.11. The molecule has 0 saturated carbocycles. The SMILES string of the molecule is CCOc1ccccc1/C=C1\N=C(SCC(=O)N2CCN(c3ccc(C(C)=O)cc3)CC2)N(c2ccccc2)C1=O. The maximum atomic E-state index is 13.5. The van der Waals surface area contributed by atoms with Crippen LogP contribution in [0.1, 0.15) is 29.8 Å². The molecule has 0 bridgehead atoms. The Labute approximate surface area is 244 Å². The molecule has 0 N–H and O–H groups in total. The van der Waals surface area contributed by atoms with Gasteiger partial charge in [0.05, 0.1) is 18.0 Å². The molecule has 0 atom stereocenters. The molecule has 1 saturated heterocycles. The number of Topliss-reactive ketones (excluding diaryl/α,β-unsaturated/α-hetero) is 1. The van der Waals surface area contributed by atoms with Crippen LogP contribution < -0.4 is 14.5 Å². The van der Waals surface area contributed by atoms with E-state index in [0.29, 0.717) is 60.7 Å². The first-order valence-corrected chi connectivity index (χ1v) is 14.6. The van der Waals surface area contributed by atoms with Gasteiger partial charge in [0.15, 0.2) is 11.0 Å². The number of amides is 2. The largest absolute Gasteiger partial charge is 0.493 e. The van der Waals surface area contributed by atoms with Gasteiger partial charge in [0.1, 0.15) is 11.4 Å². The van der Waals surface area contributed by atoms with Crippen LogP contribution >= 0.6 is 11.8 Å². The molecule has 9 heteroatoms. The smallest absolute Gasteiger partial charge is 0.283 e. The van der Waals surface area contributed by atoms with E-state index in [4.69, 9.17) is 4.74 Å². The van der Waals surface area contributed by atoms with E-state index in [2.05, 4.69) is 9.89 Å². The molecule has 210 valence electrons. The second-order valence-electron chi connectivity index (χ2n) is 9.63. The van der Waals surface area contributed by atoms with Gasteiger partial charge in [0.25, 0.3) is 5.91 Å². The van der Waals surface area contributed by atoms with E-state index in [1.165, 1.54) is 11.8 Å². The summed E-state index contributed by atoms with van der Waals surface area (Å²) in [5, 5.41) is 0.471. The van der Waals surface area contributed by atoms with E-state index in [9.17, 15) is 14.4 Å². The second kappa shape index (κ2) is 12.9. The Morgan fingerprint density at radius 2 is 1.59 bits per heavy atom. The highest BCUT2D eigenvalue weighted by atomic mass is 32.2. The molecular formula is C32H32N4O4S. The maximum absolute atomic E-state index is 13.5. The first-order chi connectivity index (χ1) is 19.9. The molecule has 0 aromatic heterocycles. The maximum Gasteiger partial charge on any atom is 0.283 e. The van der Waals surface area contributed by atoms with Crippen LogP contribution in [0.4, 0.5) is 11.4 Å². The van der Waals surface area contributed by atoms with Crippen molar-refractivity contribution >= 4 is 52.0 Å². The van der Waals surface area contributed by atoms with Crippen molar-refractivity contribution in [3.63, 3.8) is 0 Å². The summed E-state index contributed by atoms with van der Waals surface area (Å²) in [6.07, 6.45) is 1.74. The summed E-state index contributed by atoms with van der Waals surface area (Å²) in [4.78, 5) is 48.6. The standard InChI is InChI=1S/C32H32N4O4S/c1-3-40-29-12-8-7-9-25(29)21-28-31(39)36(27-10-5-4-6-11-27)32(33-28)41-22-30(38)35-19-17-34(18-20-35)26-15-13-24(14-16-26)23(2)37/h4-16,21H,3,17-20,22H2,1-2H3/b28-21-. The molecule has 1 fully saturated rings. The minimum Gasteiger partial charge on any atom is -0.493 e. The first-order valence-electron chi connectivity index (χ1n) is 13.6. The third-order valence-corrected chi connectivity index (χ3v) is 7.87. The lowest BCUT2D eigenvalue weighted by molar-refractivity contribution is -0.128. The zero-order valence-corrected chi connectivity index (χ0v) is 24.0. The molecule has 2 aliphatic heterocycles. The quantitative estimate of drug-likeness (QED) is 0.277. The van der Waals surface area contributed by atoms with Crippen LogP contribution in [0.25, 0.3) is 6.08 Å². The van der Waals surface area contributed by atoms with Crippen molar-refractivity contribution in [3.8, 4) is 5.75 Å². The molecule has 41 heavy (non-hydrogen) atoms. The van der Waals surface area contributed by atoms with Crippen molar-refractivity contribution in [3.05, 3.63) is 95.7 Å². The van der Waals surface area contributed by atoms with Gasteiger partial charge < -0.3 is 14.5 Å². The first kappa shape index (κ1) is 28.2. The number of hydrogen-bond acceptors (Lipinski definition) is 7. The molecular weight excluding hydrogens is 536 g/mol. The highest BCUT2D eigenvalue weighted by molar-refractivity contribution is 8.14. The lowest BCUT2D eigenvalue weighted by Crippen LogP contribution is -2.49. The molecule has 0 aliphatic carbocycles. The summed E-state index contributed by atoms with van der Waals surface area (Å²) in [5.74, 6) is 0.653. The summed E-state index contributed by atoms with van der Waals surface area (Å²) in [7, 11) is 0. The van der Waals surface area contributed by atoms with Gasteiger partial charge in [-0.1, -0.05) is 48.2 Å². The van der Waals surface area contributed by atoms with E-state index >= 15 is 0 Å². The molecule has 3 aromatic rings. The minimum atomic E-state index is -0.248. The molecule has 2 amide bonds. The van der Waals surface area contributed by atoms with Gasteiger partial charge >= 0.3 is 0 Å². The molecule has 2 aliphatic rings. The van der Waals surface area contributed by atoms with Crippen molar-refractivity contribution < 1.29 is 19.1 Å². The highest BCUT2D eigenvalue weighted by Crippen LogP contribution is 2.31. The number of ether oxygens (including phenoxy) is 1. The van der Waals surface area contributed by atoms with Crippen molar-refractivity contribution in [2.24, 2.45) is 4.99 Å². The monoisotopic (exact) mass is 568 g/mol. The highest BCUT2D eigenvalue weighted by Gasteiger charge is 2.33. The van der Waals surface area contributed by atoms with Crippen molar-refractivity contribution in [1.29, 1.82) is 0 Å². The van der Waals surface area contributed by atoms with Crippen LogP contribution in [0.2, 0.25) is 0 Å². The van der Waals surface area contributed by atoms with Gasteiger partial charge in [-0.05, 0) is 62.4 Å². The Morgan fingerprint density at radius 1 is 0.902 bits per heavy atom. The second-order valence-corrected chi connectivity index (χ2v) is 10.6. The molecule has 0 radical (unpaired) electrons. The Hall–Kier alpha value is -4.37. The number of benzene rings is 3. The van der Waals surface area contributed by atoms with Crippen LogP contribution in [-0.2, 0) is 9.59 Å². The fourth-order valence-corrected chi connectivity index (χ4v) is 5.69. The number of hydrogen-bond donors (Lipinski definition) is 0. The Balaban J connectivity index is 1.27. The van der Waals surface area contributed by atoms with E-state index in [1.807, 2.05) is 90.7 Å². The number of carbonyl (C=O) groups excluding carboxylic acids is 3. The zero-order valence-electron chi connectivity index (χ0n) is 23.2. The topological polar surface area (TPSA) is 82.5 Å². The van der Waals surface area contributed by atoms with Crippen molar-refractivity contribution in [2.45, 2.75) is 13.8 Å². The zero-order chi connectivity index (χ0) is 28.8. The number of piperazine rings is 1. The fourth-order valence-electron chi connectivity index (χ4n) is 4.77. The van der Waals surface area contributed by atoms with Crippen LogP contribution in [0.5, 0.6) is 5.75 Å². The third-order valence-electron chi connectivity index (χ3n) is 6.95. The Bertz CT molecular complexity index is 1480. The summed E-state index contributed by atoms with van der Waals surface area (Å²) in [6.45, 7) is 6.59. The van der Waals surface area contributed by atoms with Crippen LogP contribution in [0.15, 0.2) is 89.6 Å². The van der Waals surface area contributed by atoms with E-state index in [1.54, 1.807) is 17.9 Å². The predicted molar refractivity (Wildman–Crippen MR) is 165 cm³/mol. The van der Waals surface area contributed by atoms with Crippen LogP contribution in [0, 0.1) is 0 Å². The lowest BCUT2D eigenvalue weighted by Gasteiger charge is -2.36. The van der Waals surface area contributed by atoms with Gasteiger partial charge in [-0.15, -0.1) is 0 Å². The third kappa shape index (κ3) is 6.52. The Kier molecular flexibility index (Phi) is 8.84. The number of nitrogens with zero attached hydrogens (tertiary/aromatic N) is 4. The Morgan fingerprint density at radius 3 is 2.27 bits per heavy atom. The lowest BCUT2D eigenvalue weighted by atomic mass is 10.1. The summed E-state index contributed by atoms with van der Waals surface area (Å²) in [5.41, 5.74) is 3.49. The number of ketones is 1. The number of rotatable bonds is 8. The summed E-state index contributed by atoms with van der Waals surface area (Å²) in [6, 6.07) is 24.5. The average molecular weight is 569 g/mol. The van der Waals surface area contributed by atoms with E-state index in [-0.39, 0.29) is 23.4 Å². The average Bonchev–Trinajstić information content (AvgIpc) is 3.31. The van der Waals surface area contributed by atoms with Gasteiger partial charge in [-0.2, -0.15) is 0 Å². The van der Waals surface area contributed by atoms with Crippen LogP contribution in [-0.4, -0.2) is 66.2 Å². The molecule has 3 aromatic carbocycles. The number of aliphatic imine (C=N–C) groups is 1. The van der Waals surface area contributed by atoms with Gasteiger partial charge in [-0.3, -0.25) is 19.3 Å². The molecule has 5 rings (SSSR count). The normalized spacial score (nSPS) is 16.2.